The SMILES string of the molecule is COc1ccc(CNC(=O)C2CNNC2S(=O)(=O)Nc2ccc(C)cc2)c(OC)c1. The molecule has 1 heterocycles. The van der Waals surface area contributed by atoms with Crippen molar-refractivity contribution in [2.75, 3.05) is 25.5 Å². The van der Waals surface area contributed by atoms with Crippen LogP contribution in [0.1, 0.15) is 11.1 Å². The summed E-state index contributed by atoms with van der Waals surface area (Å²) in [4.78, 5) is 12.7. The zero-order valence-corrected chi connectivity index (χ0v) is 17.9. The molecule has 10 heteroatoms. The highest BCUT2D eigenvalue weighted by molar-refractivity contribution is 7.93. The summed E-state index contributed by atoms with van der Waals surface area (Å²) in [7, 11) is -0.761. The molecule has 2 aromatic rings. The van der Waals surface area contributed by atoms with Crippen LogP contribution in [0.25, 0.3) is 0 Å². The third-order valence-corrected chi connectivity index (χ3v) is 6.50. The third-order valence-electron chi connectivity index (χ3n) is 4.86. The minimum Gasteiger partial charge on any atom is -0.497 e. The number of aryl methyl sites for hydroxylation is 1. The molecule has 30 heavy (non-hydrogen) atoms. The van der Waals surface area contributed by atoms with Gasteiger partial charge >= 0.3 is 0 Å². The second-order valence-corrected chi connectivity index (χ2v) is 8.76. The van der Waals surface area contributed by atoms with Crippen molar-refractivity contribution < 1.29 is 22.7 Å². The maximum absolute atomic E-state index is 12.8. The molecule has 3 rings (SSSR count). The van der Waals surface area contributed by atoms with Crippen LogP contribution in [-0.4, -0.2) is 40.5 Å². The molecule has 2 aromatic carbocycles. The molecule has 0 aliphatic carbocycles. The van der Waals surface area contributed by atoms with Gasteiger partial charge in [-0.05, 0) is 31.2 Å². The molecule has 1 amide bonds. The van der Waals surface area contributed by atoms with Gasteiger partial charge in [0.1, 0.15) is 11.5 Å². The highest BCUT2D eigenvalue weighted by Crippen LogP contribution is 2.25. The van der Waals surface area contributed by atoms with Crippen molar-refractivity contribution in [3.8, 4) is 11.5 Å². The minimum absolute atomic E-state index is 0.186. The zero-order valence-electron chi connectivity index (χ0n) is 17.1. The number of hydrazine groups is 1. The van der Waals surface area contributed by atoms with E-state index in [9.17, 15) is 13.2 Å². The van der Waals surface area contributed by atoms with Gasteiger partial charge in [-0.15, -0.1) is 0 Å². The highest BCUT2D eigenvalue weighted by Gasteiger charge is 2.41. The fourth-order valence-electron chi connectivity index (χ4n) is 3.16. The maximum Gasteiger partial charge on any atom is 0.250 e. The van der Waals surface area contributed by atoms with Crippen molar-refractivity contribution in [3.05, 3.63) is 53.6 Å². The fourth-order valence-corrected chi connectivity index (χ4v) is 4.64. The standard InChI is InChI=1S/C20H26N4O5S/c1-13-4-7-15(8-5-13)24-30(26,27)20-17(12-22-23-20)19(25)21-11-14-6-9-16(28-2)10-18(14)29-3/h4-10,17,20,22-24H,11-12H2,1-3H3,(H,21,25). The molecule has 1 aliphatic rings. The normalized spacial score (nSPS) is 18.6. The molecule has 0 bridgehead atoms. The van der Waals surface area contributed by atoms with Crippen LogP contribution < -0.4 is 30.4 Å². The molecular weight excluding hydrogens is 408 g/mol. The van der Waals surface area contributed by atoms with Crippen molar-refractivity contribution in [3.63, 3.8) is 0 Å². The van der Waals surface area contributed by atoms with Gasteiger partial charge < -0.3 is 14.8 Å². The number of nitrogens with one attached hydrogen (secondary N) is 4. The van der Waals surface area contributed by atoms with Crippen LogP contribution >= 0.6 is 0 Å². The van der Waals surface area contributed by atoms with Gasteiger partial charge in [0.15, 0.2) is 5.37 Å². The van der Waals surface area contributed by atoms with Crippen LogP contribution in [0.3, 0.4) is 0 Å². The lowest BCUT2D eigenvalue weighted by Crippen LogP contribution is -2.46. The zero-order chi connectivity index (χ0) is 21.7. The monoisotopic (exact) mass is 434 g/mol. The van der Waals surface area contributed by atoms with E-state index >= 15 is 0 Å². The summed E-state index contributed by atoms with van der Waals surface area (Å²) in [5, 5.41) is 1.68. The molecule has 2 unspecified atom stereocenters. The van der Waals surface area contributed by atoms with E-state index < -0.39 is 21.3 Å². The average Bonchev–Trinajstić information content (AvgIpc) is 3.24. The minimum atomic E-state index is -3.85. The summed E-state index contributed by atoms with van der Waals surface area (Å²) in [5.74, 6) is 0.0174. The fraction of sp³-hybridized carbons (Fsp3) is 0.350. The quantitative estimate of drug-likeness (QED) is 0.492. The Labute approximate surface area is 176 Å². The van der Waals surface area contributed by atoms with Gasteiger partial charge in [0.2, 0.25) is 5.91 Å². The number of hydrogen-bond donors (Lipinski definition) is 4. The average molecular weight is 435 g/mol. The molecule has 0 spiro atoms. The molecule has 1 saturated heterocycles. The van der Waals surface area contributed by atoms with E-state index in [1.165, 1.54) is 7.11 Å². The summed E-state index contributed by atoms with van der Waals surface area (Å²) < 4.78 is 38.7. The number of carbonyl (C=O) groups is 1. The Kier molecular flexibility index (Phi) is 6.80. The lowest BCUT2D eigenvalue weighted by atomic mass is 10.1. The van der Waals surface area contributed by atoms with Gasteiger partial charge in [0, 0.05) is 30.4 Å². The van der Waals surface area contributed by atoms with E-state index in [2.05, 4.69) is 20.9 Å². The first kappa shape index (κ1) is 21.9. The predicted molar refractivity (Wildman–Crippen MR) is 114 cm³/mol. The first-order chi connectivity index (χ1) is 14.3. The number of benzene rings is 2. The largest absolute Gasteiger partial charge is 0.497 e. The number of methoxy groups -OCH3 is 2. The smallest absolute Gasteiger partial charge is 0.250 e. The molecular formula is C20H26N4O5S. The second-order valence-electron chi connectivity index (χ2n) is 6.96. The topological polar surface area (TPSA) is 118 Å². The van der Waals surface area contributed by atoms with Crippen LogP contribution in [0.2, 0.25) is 0 Å². The molecule has 9 nitrogen and oxygen atoms in total. The molecule has 1 aliphatic heterocycles. The van der Waals surface area contributed by atoms with Gasteiger partial charge in [0.25, 0.3) is 10.0 Å². The second kappa shape index (κ2) is 9.33. The summed E-state index contributed by atoms with van der Waals surface area (Å²) in [6.45, 7) is 2.30. The number of carbonyl (C=O) groups excluding carboxylic acids is 1. The number of sulfonamides is 1. The van der Waals surface area contributed by atoms with Gasteiger partial charge in [-0.3, -0.25) is 14.9 Å². The summed E-state index contributed by atoms with van der Waals surface area (Å²) in [5.41, 5.74) is 7.67. The number of hydrogen-bond acceptors (Lipinski definition) is 7. The number of anilines is 1. The predicted octanol–water partition coefficient (Wildman–Crippen LogP) is 1.12. The van der Waals surface area contributed by atoms with Crippen LogP contribution in [-0.2, 0) is 21.4 Å². The van der Waals surface area contributed by atoms with E-state index in [-0.39, 0.29) is 19.0 Å². The van der Waals surface area contributed by atoms with Crippen molar-refractivity contribution >= 4 is 21.6 Å². The van der Waals surface area contributed by atoms with Crippen molar-refractivity contribution in [1.82, 2.24) is 16.2 Å². The van der Waals surface area contributed by atoms with Gasteiger partial charge in [-0.25, -0.2) is 13.8 Å². The summed E-state index contributed by atoms with van der Waals surface area (Å²) in [6, 6.07) is 12.3. The molecule has 0 aromatic heterocycles. The van der Waals surface area contributed by atoms with Gasteiger partial charge in [0.05, 0.1) is 20.1 Å². The van der Waals surface area contributed by atoms with Gasteiger partial charge in [-0.2, -0.15) is 0 Å². The summed E-state index contributed by atoms with van der Waals surface area (Å²) in [6.07, 6.45) is 0. The van der Waals surface area contributed by atoms with Gasteiger partial charge in [-0.1, -0.05) is 17.7 Å². The lowest BCUT2D eigenvalue weighted by molar-refractivity contribution is -0.124. The third kappa shape index (κ3) is 5.02. The number of ether oxygens (including phenoxy) is 2. The van der Waals surface area contributed by atoms with E-state index in [1.54, 1.807) is 37.4 Å². The molecule has 2 atom stereocenters. The molecule has 0 radical (unpaired) electrons. The Hall–Kier alpha value is -2.82. The Balaban J connectivity index is 1.67. The molecule has 162 valence electrons. The number of rotatable bonds is 8. The highest BCUT2D eigenvalue weighted by atomic mass is 32.2. The number of amides is 1. The van der Waals surface area contributed by atoms with Crippen LogP contribution in [0.4, 0.5) is 5.69 Å². The van der Waals surface area contributed by atoms with Crippen molar-refractivity contribution in [2.45, 2.75) is 18.8 Å². The molecule has 1 fully saturated rings. The Morgan fingerprint density at radius 2 is 1.87 bits per heavy atom. The molecule has 4 N–H and O–H groups in total. The van der Waals surface area contributed by atoms with Crippen LogP contribution in [0.5, 0.6) is 11.5 Å². The van der Waals surface area contributed by atoms with Crippen molar-refractivity contribution in [1.29, 1.82) is 0 Å². The maximum atomic E-state index is 12.8. The Morgan fingerprint density at radius 1 is 1.13 bits per heavy atom. The lowest BCUT2D eigenvalue weighted by Gasteiger charge is -2.20. The summed E-state index contributed by atoms with van der Waals surface area (Å²) >= 11 is 0. The van der Waals surface area contributed by atoms with E-state index in [4.69, 9.17) is 9.47 Å². The Bertz CT molecular complexity index is 995. The van der Waals surface area contributed by atoms with E-state index in [0.717, 1.165) is 11.1 Å². The van der Waals surface area contributed by atoms with E-state index in [1.807, 2.05) is 19.1 Å². The van der Waals surface area contributed by atoms with E-state index in [0.29, 0.717) is 17.2 Å². The van der Waals surface area contributed by atoms with Crippen LogP contribution in [0, 0.1) is 12.8 Å². The first-order valence-electron chi connectivity index (χ1n) is 9.39. The first-order valence-corrected chi connectivity index (χ1v) is 10.9. The Morgan fingerprint density at radius 3 is 2.53 bits per heavy atom. The van der Waals surface area contributed by atoms with Crippen molar-refractivity contribution in [2.24, 2.45) is 5.92 Å². The van der Waals surface area contributed by atoms with Crippen LogP contribution in [0.15, 0.2) is 42.5 Å². The molecule has 0 saturated carbocycles.